The molecule has 0 radical (unpaired) electrons. The van der Waals surface area contributed by atoms with E-state index in [9.17, 15) is 9.59 Å². The highest BCUT2D eigenvalue weighted by molar-refractivity contribution is 5.95. The Morgan fingerprint density at radius 3 is 2.57 bits per heavy atom. The second kappa shape index (κ2) is 7.13. The molecule has 2 aliphatic rings. The molecule has 5 nitrogen and oxygen atoms in total. The van der Waals surface area contributed by atoms with Crippen molar-refractivity contribution in [3.63, 3.8) is 0 Å². The first-order valence-corrected chi connectivity index (χ1v) is 8.61. The van der Waals surface area contributed by atoms with Crippen molar-refractivity contribution in [1.29, 1.82) is 0 Å². The lowest BCUT2D eigenvalue weighted by atomic mass is 9.87. The van der Waals surface area contributed by atoms with E-state index >= 15 is 0 Å². The van der Waals surface area contributed by atoms with E-state index in [0.29, 0.717) is 6.04 Å². The zero-order valence-electron chi connectivity index (χ0n) is 13.6. The Labute approximate surface area is 137 Å². The maximum Gasteiger partial charge on any atom is 0.237 e. The molecule has 0 bridgehead atoms. The molecular formula is C18H25N3O2. The minimum atomic E-state index is -0.427. The molecule has 1 saturated carbocycles. The molecule has 0 aromatic heterocycles. The summed E-state index contributed by atoms with van der Waals surface area (Å²) in [5.41, 5.74) is 2.01. The Kier molecular flexibility index (Phi) is 4.96. The second-order valence-electron chi connectivity index (χ2n) is 6.53. The van der Waals surface area contributed by atoms with Crippen LogP contribution in [-0.2, 0) is 16.0 Å². The number of hydrogen-bond acceptors (Lipinski definition) is 3. The van der Waals surface area contributed by atoms with Crippen LogP contribution in [0.2, 0.25) is 0 Å². The van der Waals surface area contributed by atoms with Crippen molar-refractivity contribution in [1.82, 2.24) is 10.6 Å². The predicted octanol–water partition coefficient (Wildman–Crippen LogP) is 1.98. The Morgan fingerprint density at radius 1 is 1.17 bits per heavy atom. The Hall–Kier alpha value is -1.88. The third-order valence-corrected chi connectivity index (χ3v) is 4.86. The van der Waals surface area contributed by atoms with Crippen LogP contribution >= 0.6 is 0 Å². The first-order chi connectivity index (χ1) is 11.2. The molecular weight excluding hydrogens is 290 g/mol. The summed E-state index contributed by atoms with van der Waals surface area (Å²) in [7, 11) is 0. The Balaban J connectivity index is 1.55. The van der Waals surface area contributed by atoms with E-state index in [1.807, 2.05) is 24.3 Å². The molecule has 1 aliphatic carbocycles. The molecule has 0 unspecified atom stereocenters. The number of hydrogen-bond donors (Lipinski definition) is 3. The van der Waals surface area contributed by atoms with Crippen LogP contribution < -0.4 is 16.0 Å². The fourth-order valence-corrected chi connectivity index (χ4v) is 3.49. The van der Waals surface area contributed by atoms with Gasteiger partial charge in [0.2, 0.25) is 11.8 Å². The van der Waals surface area contributed by atoms with Gasteiger partial charge in [0.15, 0.2) is 0 Å². The second-order valence-corrected chi connectivity index (χ2v) is 6.53. The van der Waals surface area contributed by atoms with E-state index in [0.717, 1.165) is 24.9 Å². The lowest BCUT2D eigenvalue weighted by Crippen LogP contribution is -2.65. The normalized spacial score (nSPS) is 27.0. The number of fused-ring (bicyclic) bond motifs is 1. The van der Waals surface area contributed by atoms with Gasteiger partial charge in [-0.1, -0.05) is 31.9 Å². The molecule has 5 heteroatoms. The largest absolute Gasteiger partial charge is 0.350 e. The average molecular weight is 315 g/mol. The van der Waals surface area contributed by atoms with Gasteiger partial charge in [0.05, 0.1) is 12.5 Å². The minimum Gasteiger partial charge on any atom is -0.350 e. The molecule has 2 fully saturated rings. The lowest BCUT2D eigenvalue weighted by molar-refractivity contribution is -0.129. The van der Waals surface area contributed by atoms with E-state index in [2.05, 4.69) is 22.9 Å². The Bertz CT molecular complexity index is 570. The van der Waals surface area contributed by atoms with Crippen LogP contribution in [0.1, 0.15) is 44.6 Å². The molecule has 3 atom stereocenters. The third-order valence-electron chi connectivity index (χ3n) is 4.86. The number of benzene rings is 1. The van der Waals surface area contributed by atoms with E-state index in [-0.39, 0.29) is 24.3 Å². The summed E-state index contributed by atoms with van der Waals surface area (Å²) >= 11 is 0. The van der Waals surface area contributed by atoms with Crippen LogP contribution in [0.4, 0.5) is 5.69 Å². The number of aryl methyl sites for hydroxylation is 1. The van der Waals surface area contributed by atoms with Crippen molar-refractivity contribution < 1.29 is 9.59 Å². The van der Waals surface area contributed by atoms with Crippen LogP contribution in [0.3, 0.4) is 0 Å². The van der Waals surface area contributed by atoms with Crippen LogP contribution in [-0.4, -0.2) is 29.9 Å². The topological polar surface area (TPSA) is 70.2 Å². The summed E-state index contributed by atoms with van der Waals surface area (Å²) in [4.78, 5) is 24.4. The van der Waals surface area contributed by atoms with Crippen molar-refractivity contribution in [2.75, 3.05) is 5.32 Å². The van der Waals surface area contributed by atoms with Gasteiger partial charge in [-0.15, -0.1) is 0 Å². The summed E-state index contributed by atoms with van der Waals surface area (Å²) < 4.78 is 0. The summed E-state index contributed by atoms with van der Waals surface area (Å²) in [5.74, 6) is -0.180. The zero-order chi connectivity index (χ0) is 16.2. The maximum atomic E-state index is 12.2. The number of anilines is 1. The molecule has 1 aliphatic heterocycles. The van der Waals surface area contributed by atoms with E-state index in [4.69, 9.17) is 0 Å². The van der Waals surface area contributed by atoms with Gasteiger partial charge in [-0.2, -0.15) is 0 Å². The first-order valence-electron chi connectivity index (χ1n) is 8.61. The summed E-state index contributed by atoms with van der Waals surface area (Å²) in [5, 5.41) is 9.31. The van der Waals surface area contributed by atoms with Crippen LogP contribution in [0.5, 0.6) is 0 Å². The van der Waals surface area contributed by atoms with Crippen LogP contribution in [0.25, 0.3) is 0 Å². The van der Waals surface area contributed by atoms with Gasteiger partial charge >= 0.3 is 0 Å². The number of carbonyl (C=O) groups excluding carboxylic acids is 2. The summed E-state index contributed by atoms with van der Waals surface area (Å²) in [6.45, 7) is 2.10. The summed E-state index contributed by atoms with van der Waals surface area (Å²) in [6, 6.07) is 7.94. The molecule has 1 saturated heterocycles. The van der Waals surface area contributed by atoms with E-state index in [1.165, 1.54) is 18.4 Å². The van der Waals surface area contributed by atoms with E-state index < -0.39 is 6.04 Å². The minimum absolute atomic E-state index is 0.0513. The molecule has 0 spiro atoms. The van der Waals surface area contributed by atoms with Gasteiger partial charge in [0, 0.05) is 17.8 Å². The van der Waals surface area contributed by atoms with Gasteiger partial charge in [0.1, 0.15) is 0 Å². The van der Waals surface area contributed by atoms with Crippen molar-refractivity contribution >= 4 is 17.5 Å². The van der Waals surface area contributed by atoms with Crippen molar-refractivity contribution in [2.24, 2.45) is 0 Å². The van der Waals surface area contributed by atoms with Gasteiger partial charge < -0.3 is 16.0 Å². The fraction of sp³-hybridized carbons (Fsp3) is 0.556. The van der Waals surface area contributed by atoms with Gasteiger partial charge in [-0.3, -0.25) is 9.59 Å². The molecule has 2 amide bonds. The number of amides is 2. The standard InChI is InChI=1S/C18H25N3O2/c1-2-12-7-9-13(10-8-12)19-17(22)11-16-18(23)21-15-6-4-3-5-14(15)20-16/h7-10,14-16,20H,2-6,11H2,1H3,(H,19,22)(H,21,23)/t14-,15+,16-/m0/s1. The van der Waals surface area contributed by atoms with E-state index in [1.54, 1.807) is 0 Å². The highest BCUT2D eigenvalue weighted by Crippen LogP contribution is 2.22. The molecule has 1 heterocycles. The van der Waals surface area contributed by atoms with Gasteiger partial charge in [-0.25, -0.2) is 0 Å². The third kappa shape index (κ3) is 3.91. The molecule has 124 valence electrons. The molecule has 3 rings (SSSR count). The average Bonchev–Trinajstić information content (AvgIpc) is 2.56. The van der Waals surface area contributed by atoms with Crippen molar-refractivity contribution in [3.05, 3.63) is 29.8 Å². The Morgan fingerprint density at radius 2 is 1.87 bits per heavy atom. The van der Waals surface area contributed by atoms with Gasteiger partial charge in [0.25, 0.3) is 0 Å². The molecule has 1 aromatic carbocycles. The number of carbonyl (C=O) groups is 2. The number of piperazine rings is 1. The first kappa shape index (κ1) is 16.0. The van der Waals surface area contributed by atoms with Crippen molar-refractivity contribution in [2.45, 2.75) is 63.6 Å². The monoisotopic (exact) mass is 315 g/mol. The van der Waals surface area contributed by atoms with Crippen molar-refractivity contribution in [3.8, 4) is 0 Å². The number of nitrogens with one attached hydrogen (secondary N) is 3. The van der Waals surface area contributed by atoms with Crippen LogP contribution in [0.15, 0.2) is 24.3 Å². The zero-order valence-corrected chi connectivity index (χ0v) is 13.6. The molecule has 1 aromatic rings. The SMILES string of the molecule is CCc1ccc(NC(=O)C[C@@H]2N[C@H]3CCCC[C@H]3NC2=O)cc1. The predicted molar refractivity (Wildman–Crippen MR) is 90.2 cm³/mol. The van der Waals surface area contributed by atoms with Crippen LogP contribution in [0, 0.1) is 0 Å². The summed E-state index contributed by atoms with van der Waals surface area (Å²) in [6.07, 6.45) is 5.61. The highest BCUT2D eigenvalue weighted by Gasteiger charge is 2.36. The lowest BCUT2D eigenvalue weighted by Gasteiger charge is -2.40. The van der Waals surface area contributed by atoms with Gasteiger partial charge in [-0.05, 0) is 37.0 Å². The molecule has 23 heavy (non-hydrogen) atoms. The highest BCUT2D eigenvalue weighted by atomic mass is 16.2. The maximum absolute atomic E-state index is 12.2. The number of rotatable bonds is 4. The smallest absolute Gasteiger partial charge is 0.237 e. The molecule has 3 N–H and O–H groups in total. The quantitative estimate of drug-likeness (QED) is 0.795. The fourth-order valence-electron chi connectivity index (χ4n) is 3.49.